The third kappa shape index (κ3) is 4.25. The molecule has 2 aliphatic rings. The van der Waals surface area contributed by atoms with Gasteiger partial charge in [-0.2, -0.15) is 5.10 Å². The fourth-order valence-electron chi connectivity index (χ4n) is 4.56. The maximum atomic E-state index is 13.1. The Hall–Kier alpha value is -4.47. The summed E-state index contributed by atoms with van der Waals surface area (Å²) < 4.78 is 13.1. The highest BCUT2D eigenvalue weighted by Gasteiger charge is 2.30. The van der Waals surface area contributed by atoms with E-state index in [9.17, 15) is 9.18 Å². The molecule has 1 atom stereocenters. The highest BCUT2D eigenvalue weighted by molar-refractivity contribution is 5.89. The van der Waals surface area contributed by atoms with Crippen molar-refractivity contribution in [1.82, 2.24) is 25.1 Å². The molecule has 4 N–H and O–H groups in total. The summed E-state index contributed by atoms with van der Waals surface area (Å²) in [5, 5.41) is 17.8. The van der Waals surface area contributed by atoms with Gasteiger partial charge in [0.05, 0.1) is 17.8 Å². The molecule has 1 unspecified atom stereocenters. The molecular formula is C25H23FN8O. The number of amides is 2. The van der Waals surface area contributed by atoms with Crippen molar-refractivity contribution in [2.75, 3.05) is 29.0 Å². The number of H-pyrrole nitrogens is 1. The van der Waals surface area contributed by atoms with Gasteiger partial charge in [-0.25, -0.2) is 19.2 Å². The molecule has 35 heavy (non-hydrogen) atoms. The number of aromatic amines is 1. The minimum absolute atomic E-state index is 0.112. The van der Waals surface area contributed by atoms with E-state index in [2.05, 4.69) is 42.2 Å². The average Bonchev–Trinajstić information content (AvgIpc) is 3.53. The van der Waals surface area contributed by atoms with Crippen LogP contribution in [0.2, 0.25) is 0 Å². The quantitative estimate of drug-likeness (QED) is 0.328. The third-order valence-corrected chi connectivity index (χ3v) is 6.44. The molecule has 2 aromatic carbocycles. The van der Waals surface area contributed by atoms with E-state index in [1.807, 2.05) is 18.2 Å². The maximum Gasteiger partial charge on any atom is 0.322 e. The normalized spacial score (nSPS) is 17.0. The van der Waals surface area contributed by atoms with Gasteiger partial charge in [0.25, 0.3) is 0 Å². The lowest BCUT2D eigenvalue weighted by molar-refractivity contribution is 0.215. The molecule has 9 nitrogen and oxygen atoms in total. The van der Waals surface area contributed by atoms with E-state index in [1.165, 1.54) is 17.7 Å². The first-order valence-corrected chi connectivity index (χ1v) is 11.4. The van der Waals surface area contributed by atoms with Crippen molar-refractivity contribution in [1.29, 1.82) is 0 Å². The van der Waals surface area contributed by atoms with Gasteiger partial charge >= 0.3 is 6.03 Å². The van der Waals surface area contributed by atoms with Gasteiger partial charge in [-0.1, -0.05) is 6.08 Å². The second kappa shape index (κ2) is 8.71. The Bertz CT molecular complexity index is 1430. The lowest BCUT2D eigenvalue weighted by Crippen LogP contribution is -2.39. The summed E-state index contributed by atoms with van der Waals surface area (Å²) in [7, 11) is 0. The monoisotopic (exact) mass is 470 g/mol. The Morgan fingerprint density at radius 3 is 2.80 bits per heavy atom. The van der Waals surface area contributed by atoms with Crippen LogP contribution in [-0.4, -0.2) is 50.2 Å². The van der Waals surface area contributed by atoms with Crippen LogP contribution in [0.25, 0.3) is 10.9 Å². The van der Waals surface area contributed by atoms with Crippen LogP contribution >= 0.6 is 0 Å². The first-order valence-electron chi connectivity index (χ1n) is 11.4. The van der Waals surface area contributed by atoms with E-state index < -0.39 is 0 Å². The zero-order chi connectivity index (χ0) is 23.8. The number of aromatic nitrogens is 4. The van der Waals surface area contributed by atoms with Gasteiger partial charge in [0.2, 0.25) is 0 Å². The largest absolute Gasteiger partial charge is 0.363 e. The molecule has 2 amide bonds. The van der Waals surface area contributed by atoms with Crippen molar-refractivity contribution in [3.63, 3.8) is 0 Å². The van der Waals surface area contributed by atoms with E-state index in [0.29, 0.717) is 18.8 Å². The molecule has 0 bridgehead atoms. The summed E-state index contributed by atoms with van der Waals surface area (Å²) in [6.45, 7) is 1.12. The number of halogens is 1. The van der Waals surface area contributed by atoms with Crippen LogP contribution in [0.5, 0.6) is 0 Å². The van der Waals surface area contributed by atoms with E-state index in [4.69, 9.17) is 0 Å². The van der Waals surface area contributed by atoms with Crippen LogP contribution in [0.4, 0.5) is 32.2 Å². The lowest BCUT2D eigenvalue weighted by atomic mass is 9.97. The molecule has 0 fully saturated rings. The van der Waals surface area contributed by atoms with E-state index in [-0.39, 0.29) is 17.9 Å². The molecule has 2 aromatic heterocycles. The van der Waals surface area contributed by atoms with Crippen LogP contribution in [0, 0.1) is 5.82 Å². The molecule has 0 saturated heterocycles. The van der Waals surface area contributed by atoms with Crippen LogP contribution < -0.4 is 16.0 Å². The Balaban J connectivity index is 1.12. The summed E-state index contributed by atoms with van der Waals surface area (Å²) in [4.78, 5) is 23.3. The third-order valence-electron chi connectivity index (χ3n) is 6.44. The van der Waals surface area contributed by atoms with Crippen molar-refractivity contribution in [2.45, 2.75) is 18.9 Å². The van der Waals surface area contributed by atoms with Crippen molar-refractivity contribution in [3.05, 3.63) is 78.0 Å². The van der Waals surface area contributed by atoms with Gasteiger partial charge in [0.1, 0.15) is 23.8 Å². The van der Waals surface area contributed by atoms with Crippen LogP contribution in [0.15, 0.2) is 66.6 Å². The van der Waals surface area contributed by atoms with E-state index >= 15 is 0 Å². The summed E-state index contributed by atoms with van der Waals surface area (Å²) in [6.07, 6.45) is 6.98. The minimum atomic E-state index is -0.333. The average molecular weight is 471 g/mol. The van der Waals surface area contributed by atoms with Gasteiger partial charge in [-0.15, -0.1) is 0 Å². The summed E-state index contributed by atoms with van der Waals surface area (Å²) in [5.41, 5.74) is 4.78. The number of hydrogen-bond donors (Lipinski definition) is 4. The molecule has 176 valence electrons. The predicted molar refractivity (Wildman–Crippen MR) is 132 cm³/mol. The molecule has 2 aliphatic heterocycles. The number of rotatable bonds is 4. The fraction of sp³-hybridized carbons (Fsp3) is 0.200. The molecular weight excluding hydrogens is 447 g/mol. The number of urea groups is 1. The van der Waals surface area contributed by atoms with E-state index in [0.717, 1.165) is 46.6 Å². The number of carbonyl (C=O) groups excluding carboxylic acids is 1. The Morgan fingerprint density at radius 2 is 1.97 bits per heavy atom. The number of carbonyl (C=O) groups is 1. The van der Waals surface area contributed by atoms with Crippen molar-refractivity contribution < 1.29 is 9.18 Å². The number of fused-ring (bicyclic) bond motifs is 2. The van der Waals surface area contributed by atoms with Crippen LogP contribution in [-0.2, 0) is 6.42 Å². The lowest BCUT2D eigenvalue weighted by Gasteiger charge is -2.29. The SMILES string of the molecule is O=C(Nc1ccc(F)cc1)N1CC=C(C2Cc3c(Nc4ccc5[nH]ncc5c4)ncnc3N2)CC1. The Morgan fingerprint density at radius 1 is 1.11 bits per heavy atom. The van der Waals surface area contributed by atoms with Gasteiger partial charge < -0.3 is 20.9 Å². The molecule has 0 spiro atoms. The maximum absolute atomic E-state index is 13.1. The second-order valence-electron chi connectivity index (χ2n) is 8.66. The molecule has 0 saturated carbocycles. The first kappa shape index (κ1) is 21.1. The number of anilines is 4. The smallest absolute Gasteiger partial charge is 0.322 e. The minimum Gasteiger partial charge on any atom is -0.363 e. The highest BCUT2D eigenvalue weighted by Crippen LogP contribution is 2.34. The summed E-state index contributed by atoms with van der Waals surface area (Å²) in [6, 6.07) is 11.7. The number of benzene rings is 2. The van der Waals surface area contributed by atoms with Gasteiger partial charge in [-0.05, 0) is 54.5 Å². The molecule has 6 rings (SSSR count). The predicted octanol–water partition coefficient (Wildman–Crippen LogP) is 4.44. The fourth-order valence-corrected chi connectivity index (χ4v) is 4.56. The number of nitrogens with zero attached hydrogens (tertiary/aromatic N) is 4. The zero-order valence-electron chi connectivity index (χ0n) is 18.8. The van der Waals surface area contributed by atoms with E-state index in [1.54, 1.807) is 29.6 Å². The molecule has 0 radical (unpaired) electrons. The number of hydrogen-bond acceptors (Lipinski definition) is 6. The standard InChI is InChI=1S/C25H23FN8O/c26-17-1-3-18(4-2-17)31-25(35)34-9-7-15(8-10-34)22-12-20-23(27-14-28-24(20)32-22)30-19-5-6-21-16(11-19)13-29-33-21/h1-7,11,13-14,22H,8-10,12H2,(H,29,33)(H,31,35)(H2,27,28,30,32). The number of nitrogens with one attached hydrogen (secondary N) is 4. The Kier molecular flexibility index (Phi) is 5.25. The molecule has 4 aromatic rings. The first-order chi connectivity index (χ1) is 17.1. The molecule has 10 heteroatoms. The van der Waals surface area contributed by atoms with Crippen molar-refractivity contribution in [2.24, 2.45) is 0 Å². The van der Waals surface area contributed by atoms with Gasteiger partial charge in [-0.3, -0.25) is 5.10 Å². The van der Waals surface area contributed by atoms with Gasteiger partial charge in [0.15, 0.2) is 0 Å². The highest BCUT2D eigenvalue weighted by atomic mass is 19.1. The molecule has 0 aliphatic carbocycles. The molecule has 4 heterocycles. The van der Waals surface area contributed by atoms with Crippen LogP contribution in [0.1, 0.15) is 12.0 Å². The summed E-state index contributed by atoms with van der Waals surface area (Å²) in [5.74, 6) is 1.28. The zero-order valence-corrected chi connectivity index (χ0v) is 18.8. The second-order valence-corrected chi connectivity index (χ2v) is 8.66. The topological polar surface area (TPSA) is 111 Å². The van der Waals surface area contributed by atoms with Gasteiger partial charge in [0, 0.05) is 41.8 Å². The summed E-state index contributed by atoms with van der Waals surface area (Å²) >= 11 is 0. The Labute approximate surface area is 200 Å². The van der Waals surface area contributed by atoms with Crippen LogP contribution in [0.3, 0.4) is 0 Å². The van der Waals surface area contributed by atoms with Crippen molar-refractivity contribution in [3.8, 4) is 0 Å². The van der Waals surface area contributed by atoms with Crippen molar-refractivity contribution >= 4 is 39.9 Å².